The monoisotopic (exact) mass is 262 g/mol. The van der Waals surface area contributed by atoms with Gasteiger partial charge in [-0.1, -0.05) is 17.7 Å². The van der Waals surface area contributed by atoms with Crippen LogP contribution in [0.2, 0.25) is 5.02 Å². The standard InChI is InChI=1S/C13H11ClN2O2/c1-8(17)9-5-12(15-7-9)13(18)16-11-4-2-3-10(14)6-11/h2-7,15H,1H3,(H,16,18). The summed E-state index contributed by atoms with van der Waals surface area (Å²) in [6, 6.07) is 8.36. The maximum absolute atomic E-state index is 11.9. The van der Waals surface area contributed by atoms with Crippen LogP contribution in [0.15, 0.2) is 36.5 Å². The van der Waals surface area contributed by atoms with Crippen molar-refractivity contribution in [2.45, 2.75) is 6.92 Å². The second-order valence-electron chi connectivity index (χ2n) is 3.82. The molecular formula is C13H11ClN2O2. The summed E-state index contributed by atoms with van der Waals surface area (Å²) in [4.78, 5) is 25.7. The molecule has 92 valence electrons. The molecule has 0 saturated heterocycles. The number of ketones is 1. The van der Waals surface area contributed by atoms with Gasteiger partial charge >= 0.3 is 0 Å². The molecule has 0 saturated carbocycles. The molecule has 4 nitrogen and oxygen atoms in total. The Morgan fingerprint density at radius 1 is 1.28 bits per heavy atom. The van der Waals surface area contributed by atoms with Crippen LogP contribution in [0.4, 0.5) is 5.69 Å². The second-order valence-corrected chi connectivity index (χ2v) is 4.26. The van der Waals surface area contributed by atoms with Crippen LogP contribution < -0.4 is 5.32 Å². The smallest absolute Gasteiger partial charge is 0.272 e. The molecular weight excluding hydrogens is 252 g/mol. The lowest BCUT2D eigenvalue weighted by molar-refractivity contribution is 0.101. The highest BCUT2D eigenvalue weighted by Gasteiger charge is 2.10. The van der Waals surface area contributed by atoms with Crippen molar-refractivity contribution in [1.82, 2.24) is 4.98 Å². The van der Waals surface area contributed by atoms with E-state index in [9.17, 15) is 9.59 Å². The van der Waals surface area contributed by atoms with Gasteiger partial charge in [-0.2, -0.15) is 0 Å². The Balaban J connectivity index is 2.14. The molecule has 0 atom stereocenters. The van der Waals surface area contributed by atoms with Crippen molar-refractivity contribution in [3.63, 3.8) is 0 Å². The van der Waals surface area contributed by atoms with E-state index >= 15 is 0 Å². The summed E-state index contributed by atoms with van der Waals surface area (Å²) >= 11 is 5.82. The Morgan fingerprint density at radius 2 is 2.06 bits per heavy atom. The van der Waals surface area contributed by atoms with Gasteiger partial charge in [0.2, 0.25) is 0 Å². The van der Waals surface area contributed by atoms with Gasteiger partial charge in [0.25, 0.3) is 5.91 Å². The molecule has 2 rings (SSSR count). The molecule has 1 aromatic heterocycles. The number of benzene rings is 1. The Morgan fingerprint density at radius 3 is 2.67 bits per heavy atom. The maximum Gasteiger partial charge on any atom is 0.272 e. The minimum absolute atomic E-state index is 0.0898. The molecule has 0 unspecified atom stereocenters. The summed E-state index contributed by atoms with van der Waals surface area (Å²) in [5, 5.41) is 3.23. The van der Waals surface area contributed by atoms with Gasteiger partial charge in [-0.25, -0.2) is 0 Å². The Kier molecular flexibility index (Phi) is 3.48. The zero-order valence-electron chi connectivity index (χ0n) is 9.66. The number of carbonyl (C=O) groups is 2. The van der Waals surface area contributed by atoms with Gasteiger partial charge in [-0.05, 0) is 31.2 Å². The summed E-state index contributed by atoms with van der Waals surface area (Å²) in [5.74, 6) is -0.405. The Labute approximate surface area is 109 Å². The number of amides is 1. The lowest BCUT2D eigenvalue weighted by Gasteiger charge is -2.03. The third kappa shape index (κ3) is 2.78. The van der Waals surface area contributed by atoms with Gasteiger partial charge in [0.05, 0.1) is 0 Å². The zero-order valence-corrected chi connectivity index (χ0v) is 10.4. The number of halogens is 1. The number of carbonyl (C=O) groups excluding carboxylic acids is 2. The molecule has 0 bridgehead atoms. The van der Waals surface area contributed by atoms with Crippen LogP contribution in [-0.4, -0.2) is 16.7 Å². The number of H-pyrrole nitrogens is 1. The minimum atomic E-state index is -0.315. The first kappa shape index (κ1) is 12.4. The van der Waals surface area contributed by atoms with Crippen molar-refractivity contribution >= 4 is 29.0 Å². The molecule has 5 heteroatoms. The lowest BCUT2D eigenvalue weighted by Crippen LogP contribution is -2.12. The lowest BCUT2D eigenvalue weighted by atomic mass is 10.2. The average Bonchev–Trinajstić information content (AvgIpc) is 2.78. The van der Waals surface area contributed by atoms with Crippen LogP contribution in [0.3, 0.4) is 0 Å². The van der Waals surface area contributed by atoms with Crippen LogP contribution in [0.5, 0.6) is 0 Å². The van der Waals surface area contributed by atoms with Crippen LogP contribution in [0.25, 0.3) is 0 Å². The van der Waals surface area contributed by atoms with E-state index in [2.05, 4.69) is 10.3 Å². The number of aromatic amines is 1. The zero-order chi connectivity index (χ0) is 13.1. The van der Waals surface area contributed by atoms with Crippen molar-refractivity contribution in [3.8, 4) is 0 Å². The van der Waals surface area contributed by atoms with E-state index in [0.717, 1.165) is 0 Å². The summed E-state index contributed by atoms with van der Waals surface area (Å²) in [7, 11) is 0. The highest BCUT2D eigenvalue weighted by Crippen LogP contribution is 2.16. The van der Waals surface area contributed by atoms with E-state index in [1.54, 1.807) is 24.3 Å². The second kappa shape index (κ2) is 5.06. The highest BCUT2D eigenvalue weighted by molar-refractivity contribution is 6.30. The number of aromatic nitrogens is 1. The van der Waals surface area contributed by atoms with E-state index in [1.165, 1.54) is 19.2 Å². The third-order valence-electron chi connectivity index (χ3n) is 2.42. The SMILES string of the molecule is CC(=O)c1c[nH]c(C(=O)Nc2cccc(Cl)c2)c1. The number of hydrogen-bond acceptors (Lipinski definition) is 2. The molecule has 0 spiro atoms. The first-order valence-electron chi connectivity index (χ1n) is 5.32. The van der Waals surface area contributed by atoms with Crippen LogP contribution in [-0.2, 0) is 0 Å². The van der Waals surface area contributed by atoms with Crippen molar-refractivity contribution in [2.75, 3.05) is 5.32 Å². The summed E-state index contributed by atoms with van der Waals surface area (Å²) < 4.78 is 0. The summed E-state index contributed by atoms with van der Waals surface area (Å²) in [6.45, 7) is 1.45. The van der Waals surface area contributed by atoms with E-state index in [-0.39, 0.29) is 11.7 Å². The van der Waals surface area contributed by atoms with Gasteiger partial charge in [-0.3, -0.25) is 9.59 Å². The van der Waals surface area contributed by atoms with Gasteiger partial charge in [0.1, 0.15) is 5.69 Å². The van der Waals surface area contributed by atoms with Gasteiger partial charge < -0.3 is 10.3 Å². The molecule has 0 fully saturated rings. The molecule has 2 N–H and O–H groups in total. The molecule has 18 heavy (non-hydrogen) atoms. The number of Topliss-reactive ketones (excluding diaryl/α,β-unsaturated/α-hetero) is 1. The number of hydrogen-bond donors (Lipinski definition) is 2. The van der Waals surface area contributed by atoms with Crippen molar-refractivity contribution in [2.24, 2.45) is 0 Å². The van der Waals surface area contributed by atoms with Gasteiger partial charge in [0, 0.05) is 22.5 Å². The molecule has 1 heterocycles. The van der Waals surface area contributed by atoms with E-state index in [1.807, 2.05) is 0 Å². The van der Waals surface area contributed by atoms with E-state index in [4.69, 9.17) is 11.6 Å². The molecule has 1 amide bonds. The average molecular weight is 263 g/mol. The van der Waals surface area contributed by atoms with E-state index in [0.29, 0.717) is 22.0 Å². The normalized spacial score (nSPS) is 10.1. The van der Waals surface area contributed by atoms with Crippen LogP contribution >= 0.6 is 11.6 Å². The predicted molar refractivity (Wildman–Crippen MR) is 70.2 cm³/mol. The van der Waals surface area contributed by atoms with Gasteiger partial charge in [0.15, 0.2) is 5.78 Å². The number of nitrogens with one attached hydrogen (secondary N) is 2. The molecule has 1 aromatic carbocycles. The van der Waals surface area contributed by atoms with Crippen LogP contribution in [0, 0.1) is 0 Å². The first-order chi connectivity index (χ1) is 8.56. The third-order valence-corrected chi connectivity index (χ3v) is 2.65. The van der Waals surface area contributed by atoms with Crippen molar-refractivity contribution < 1.29 is 9.59 Å². The number of rotatable bonds is 3. The highest BCUT2D eigenvalue weighted by atomic mass is 35.5. The first-order valence-corrected chi connectivity index (χ1v) is 5.70. The fraction of sp³-hybridized carbons (Fsp3) is 0.0769. The Hall–Kier alpha value is -2.07. The molecule has 0 aliphatic rings. The number of anilines is 1. The van der Waals surface area contributed by atoms with Gasteiger partial charge in [-0.15, -0.1) is 0 Å². The minimum Gasteiger partial charge on any atom is -0.356 e. The maximum atomic E-state index is 11.9. The Bertz CT molecular complexity index is 605. The summed E-state index contributed by atoms with van der Waals surface area (Å²) in [6.07, 6.45) is 1.51. The van der Waals surface area contributed by atoms with Crippen molar-refractivity contribution in [3.05, 3.63) is 52.8 Å². The van der Waals surface area contributed by atoms with Crippen LogP contribution in [0.1, 0.15) is 27.8 Å². The molecule has 0 radical (unpaired) electrons. The van der Waals surface area contributed by atoms with E-state index < -0.39 is 0 Å². The molecule has 2 aromatic rings. The predicted octanol–water partition coefficient (Wildman–Crippen LogP) is 3.12. The molecule has 0 aliphatic carbocycles. The molecule has 0 aliphatic heterocycles. The quantitative estimate of drug-likeness (QED) is 0.835. The fourth-order valence-corrected chi connectivity index (χ4v) is 1.68. The fourth-order valence-electron chi connectivity index (χ4n) is 1.49. The summed E-state index contributed by atoms with van der Waals surface area (Å²) in [5.41, 5.74) is 1.41. The topological polar surface area (TPSA) is 62.0 Å². The largest absolute Gasteiger partial charge is 0.356 e. The van der Waals surface area contributed by atoms with Crippen molar-refractivity contribution in [1.29, 1.82) is 0 Å².